The Hall–Kier alpha value is -1.86. The Kier molecular flexibility index (Phi) is 34.3. The van der Waals surface area contributed by atoms with Crippen LogP contribution in [0.4, 0.5) is 0 Å². The summed E-state index contributed by atoms with van der Waals surface area (Å²) < 4.78 is 143. The molecular weight excluding hydrogens is 1840 g/mol. The van der Waals surface area contributed by atoms with E-state index < -0.39 is 62.7 Å². The molecule has 6 unspecified atom stereocenters. The minimum atomic E-state index is -4.05. The Labute approximate surface area is 799 Å². The van der Waals surface area contributed by atoms with E-state index in [1.54, 1.807) is 24.3 Å². The Morgan fingerprint density at radius 3 is 1.33 bits per heavy atom. The van der Waals surface area contributed by atoms with Gasteiger partial charge in [0, 0.05) is 90.3 Å². The number of fused-ring (bicyclic) bond motifs is 2. The number of benzene rings is 1. The van der Waals surface area contributed by atoms with Gasteiger partial charge in [-0.15, -0.1) is 0 Å². The number of halogens is 2. The molecule has 16 heterocycles. The first-order valence-corrected chi connectivity index (χ1v) is 59.3. The van der Waals surface area contributed by atoms with Crippen molar-refractivity contribution >= 4 is 70.2 Å². The van der Waals surface area contributed by atoms with E-state index in [0.717, 1.165) is 118 Å². The lowest BCUT2D eigenvalue weighted by atomic mass is 9.78. The van der Waals surface area contributed by atoms with Gasteiger partial charge in [-0.2, -0.15) is 8.42 Å². The van der Waals surface area contributed by atoms with E-state index in [-0.39, 0.29) is 191 Å². The van der Waals surface area contributed by atoms with Crippen molar-refractivity contribution in [2.45, 2.75) is 495 Å². The molecule has 0 aromatic heterocycles. The molecule has 16 aliphatic rings. The second-order valence-corrected chi connectivity index (χ2v) is 59.2. The summed E-state index contributed by atoms with van der Waals surface area (Å²) in [6.07, 6.45) is 14.3. The van der Waals surface area contributed by atoms with Crippen LogP contribution in [0.25, 0.3) is 0 Å². The number of hydrogen-bond acceptors (Lipinski definition) is 22. The molecule has 12 bridgehead atoms. The standard InChI is InChI=1S/C55H85BrO12SSi.C48H79BrO10Si/c1-13-14-15-39-25-34(4)36(6)46(61-39)29-47-43(37(7)45(63-47)24-33(3)31-60-70(11,12)54(8,9)10)28-38(57)27-40-18-21-44-49(62-40)53-52-51(64-44)50-48(65-52)30-55(66-50,67-53)23-22-41(26-35(5)56)68-69(58,59)42-19-16-32(2)17-20-42;1-12-13-14-34-20-28(3)30(5)39(53-34)24-40-36(31(6)38(55-40)19-27(2)26-52-60(10,11)47(7,8)9)23-33(51)22-35-15-16-37-42(54-35)46-45-44(56-37)43-41(57-45)25-48(58-43,59-46)18-17-32(50)21-29(4)49/h16-17,19-20,33-34,37,39-41,43-53H,5-6,13-15,18,21-31H2,1-4,7-12H3;27-28,31-32,34-46,50H,4-5,12-26H2,1-3,6-11H3/t33-,34+,37+,39-,40+,41+,43?,44-,45+,46+,47?,48+,49-,50-,51-,52+,53?,55-;27-,28+,31+,32+,34-,35+,36?,37-,38+,39+,40?,41+,42-,43-,44-,45+,46?,48-/m00/s1. The predicted octanol–water partition coefficient (Wildman–Crippen LogP) is 21.2. The van der Waals surface area contributed by atoms with Crippen molar-refractivity contribution in [3.05, 3.63) is 76.3 Å². The number of carbonyl (C=O) groups is 2. The van der Waals surface area contributed by atoms with Gasteiger partial charge in [-0.3, -0.25) is 13.8 Å². The number of ether oxygens (including phenoxy) is 14. The minimum absolute atomic E-state index is 0.00569. The van der Waals surface area contributed by atoms with Crippen molar-refractivity contribution in [3.8, 4) is 0 Å². The highest BCUT2D eigenvalue weighted by Gasteiger charge is 2.71. The molecule has 17 rings (SSSR count). The van der Waals surface area contributed by atoms with E-state index in [1.807, 2.05) is 6.92 Å². The lowest BCUT2D eigenvalue weighted by Crippen LogP contribution is -2.61. The average Bonchev–Trinajstić information content (AvgIpc) is 1.55. The van der Waals surface area contributed by atoms with Gasteiger partial charge in [-0.25, -0.2) is 0 Å². The van der Waals surface area contributed by atoms with Crippen molar-refractivity contribution in [1.82, 2.24) is 0 Å². The van der Waals surface area contributed by atoms with Crippen LogP contribution in [0.1, 0.15) is 282 Å². The van der Waals surface area contributed by atoms with Crippen molar-refractivity contribution in [3.63, 3.8) is 0 Å². The molecular formula is C103H164Br2O22SSi2. The van der Waals surface area contributed by atoms with Gasteiger partial charge in [0.1, 0.15) is 72.6 Å². The Morgan fingerprint density at radius 1 is 0.523 bits per heavy atom. The fourth-order valence-corrected chi connectivity index (χ4v) is 27.4. The van der Waals surface area contributed by atoms with Crippen molar-refractivity contribution < 1.29 is 102 Å². The molecule has 1 aromatic rings. The minimum Gasteiger partial charge on any atom is -0.417 e. The Balaban J connectivity index is 0.000000212. The summed E-state index contributed by atoms with van der Waals surface area (Å²) in [5, 5.41) is 11.0. The molecule has 0 saturated carbocycles. The number of ketones is 2. The van der Waals surface area contributed by atoms with E-state index in [2.05, 4.69) is 181 Å². The fraction of sp³-hybridized carbons (Fsp3) is 0.845. The summed E-state index contributed by atoms with van der Waals surface area (Å²) in [5.41, 5.74) is 3.26. The number of aliphatic hydroxyl groups excluding tert-OH is 1. The van der Waals surface area contributed by atoms with Crippen LogP contribution < -0.4 is 0 Å². The summed E-state index contributed by atoms with van der Waals surface area (Å²) in [7, 11) is -7.84. The zero-order valence-electron chi connectivity index (χ0n) is 82.2. The summed E-state index contributed by atoms with van der Waals surface area (Å²) in [6, 6.07) is 6.64. The molecule has 0 radical (unpaired) electrons. The first kappa shape index (κ1) is 104. The van der Waals surface area contributed by atoms with Crippen LogP contribution in [0, 0.1) is 54.3 Å². The van der Waals surface area contributed by atoms with Gasteiger partial charge in [0.2, 0.25) is 0 Å². The summed E-state index contributed by atoms with van der Waals surface area (Å²) >= 11 is 6.83. The highest BCUT2D eigenvalue weighted by atomic mass is 79.9. The maximum Gasteiger partial charge on any atom is 0.297 e. The molecule has 16 aliphatic heterocycles. The largest absolute Gasteiger partial charge is 0.417 e. The maximum absolute atomic E-state index is 14.5. The fourth-order valence-electron chi connectivity index (χ4n) is 23.3. The number of carbonyl (C=O) groups excluding carboxylic acids is 2. The van der Waals surface area contributed by atoms with E-state index >= 15 is 0 Å². The zero-order valence-corrected chi connectivity index (χ0v) is 88.2. The van der Waals surface area contributed by atoms with Crippen LogP contribution in [0.3, 0.4) is 0 Å². The normalized spacial score (nSPS) is 40.0. The quantitative estimate of drug-likeness (QED) is 0.0364. The highest BCUT2D eigenvalue weighted by molar-refractivity contribution is 9.12. The van der Waals surface area contributed by atoms with Crippen molar-refractivity contribution in [2.24, 2.45) is 47.3 Å². The molecule has 16 saturated heterocycles. The molecule has 130 heavy (non-hydrogen) atoms. The molecule has 0 amide bonds. The van der Waals surface area contributed by atoms with Gasteiger partial charge in [-0.1, -0.05) is 198 Å². The molecule has 736 valence electrons. The van der Waals surface area contributed by atoms with Crippen LogP contribution in [0.15, 0.2) is 75.6 Å². The molecule has 16 fully saturated rings. The SMILES string of the molecule is C=C(Br)C[C@@H](CC[C@@]12C[C@H]3O[C@H]4C(O1)[C@H]1O[C@@H](CC(=O)CC5C(C[C@H]6O[C@@H](CCCC)C[C@@H](C)C6=C)O[C@H](C[C@H](C)CO[Si](C)(C)C(C)(C)C)[C@@H]5C)CC[C@@H]1O[C@H]4[C@H]3O2)OS(=O)(=O)c1ccc(C)cc1.C=C(Br)C[C@H](O)CC[C@@]12C[C@H]3O[C@H]4C(O1)[C@H]1O[C@@H](CC(=O)CC5C(C[C@H]6O[C@@H](CCCC)C[C@@H](C)C6=C)O[C@H](C[C@H](C)CO[Si](C)(C)C(C)(C)C)[C@@H]5C)CC[C@@H]1O[C@H]4[C@H]3O2. The number of rotatable bonds is 41. The van der Waals surface area contributed by atoms with E-state index in [0.29, 0.717) is 118 Å². The van der Waals surface area contributed by atoms with Crippen LogP contribution in [0.2, 0.25) is 36.3 Å². The predicted molar refractivity (Wildman–Crippen MR) is 514 cm³/mol. The zero-order chi connectivity index (χ0) is 93.8. The molecule has 1 aromatic carbocycles. The Bertz CT molecular complexity index is 4140. The summed E-state index contributed by atoms with van der Waals surface area (Å²) in [5.74, 6) is 0.389. The third-order valence-electron chi connectivity index (χ3n) is 33.3. The van der Waals surface area contributed by atoms with Crippen LogP contribution in [-0.2, 0) is 99.1 Å². The van der Waals surface area contributed by atoms with Crippen LogP contribution >= 0.6 is 31.9 Å². The number of aryl methyl sites for hydroxylation is 1. The van der Waals surface area contributed by atoms with Crippen LogP contribution in [-0.4, -0.2) is 225 Å². The van der Waals surface area contributed by atoms with Gasteiger partial charge in [-0.05, 0) is 200 Å². The van der Waals surface area contributed by atoms with Crippen LogP contribution in [0.5, 0.6) is 0 Å². The Morgan fingerprint density at radius 2 is 0.923 bits per heavy atom. The van der Waals surface area contributed by atoms with E-state index in [4.69, 9.17) is 79.4 Å². The van der Waals surface area contributed by atoms with Gasteiger partial charge in [0.25, 0.3) is 10.1 Å². The van der Waals surface area contributed by atoms with E-state index in [1.165, 1.54) is 0 Å². The summed E-state index contributed by atoms with van der Waals surface area (Å²) in [4.78, 5) is 28.9. The molecule has 1 N–H and O–H groups in total. The number of unbranched alkanes of at least 4 members (excludes halogenated alkanes) is 2. The first-order chi connectivity index (χ1) is 61.2. The number of aliphatic hydroxyl groups is 1. The topological polar surface area (TPSA) is 245 Å². The average molecular weight is 2000 g/mol. The van der Waals surface area contributed by atoms with Crippen molar-refractivity contribution in [1.29, 1.82) is 0 Å². The number of hydrogen-bond donors (Lipinski definition) is 1. The lowest BCUT2D eigenvalue weighted by molar-refractivity contribution is -0.292. The second-order valence-electron chi connectivity index (χ2n) is 45.7. The van der Waals surface area contributed by atoms with Gasteiger partial charge in [0.15, 0.2) is 28.2 Å². The second kappa shape index (κ2) is 42.9. The monoisotopic (exact) mass is 2000 g/mol. The lowest BCUT2D eigenvalue weighted by Gasteiger charge is -2.47. The van der Waals surface area contributed by atoms with Gasteiger partial charge >= 0.3 is 0 Å². The molecule has 36 atom stereocenters. The maximum atomic E-state index is 14.5. The molecule has 27 heteroatoms. The van der Waals surface area contributed by atoms with Crippen molar-refractivity contribution in [2.75, 3.05) is 13.2 Å². The third kappa shape index (κ3) is 24.3. The number of Topliss-reactive ketones (excluding diaryl/α,β-unsaturated/α-hetero) is 2. The third-order valence-corrected chi connectivity index (χ3v) is 44.3. The van der Waals surface area contributed by atoms with Gasteiger partial charge in [0.05, 0.1) is 103 Å². The molecule has 22 nitrogen and oxygen atoms in total. The smallest absolute Gasteiger partial charge is 0.297 e. The first-order valence-electron chi connectivity index (χ1n) is 50.5. The summed E-state index contributed by atoms with van der Waals surface area (Å²) in [6.45, 7) is 61.4. The molecule has 0 spiro atoms. The highest BCUT2D eigenvalue weighted by Crippen LogP contribution is 2.58. The molecule has 0 aliphatic carbocycles. The van der Waals surface area contributed by atoms with Gasteiger partial charge < -0.3 is 80.3 Å². The van der Waals surface area contributed by atoms with E-state index in [9.17, 15) is 23.1 Å².